The molecule has 78 valence electrons. The topological polar surface area (TPSA) is 70.1 Å². The molecular formula is C9H15N3O2. The largest absolute Gasteiger partial charge is 0.464 e. The van der Waals surface area contributed by atoms with Crippen LogP contribution in [-0.2, 0) is 9.53 Å². The molecule has 1 aromatic rings. The first kappa shape index (κ1) is 10.6. The van der Waals surface area contributed by atoms with E-state index in [2.05, 4.69) is 5.10 Å². The molecule has 1 unspecified atom stereocenters. The van der Waals surface area contributed by atoms with Crippen molar-refractivity contribution in [3.05, 3.63) is 11.8 Å². The second-order valence-corrected chi connectivity index (χ2v) is 3.08. The minimum absolute atomic E-state index is 0.293. The molecule has 1 heterocycles. The second-order valence-electron chi connectivity index (χ2n) is 3.08. The Hall–Kier alpha value is -1.52. The third-order valence-electron chi connectivity index (χ3n) is 1.94. The number of aromatic nitrogens is 2. The number of anilines is 1. The molecule has 0 aromatic carbocycles. The third kappa shape index (κ3) is 2.04. The number of nitrogens with two attached hydrogens (primary N) is 1. The highest BCUT2D eigenvalue weighted by molar-refractivity contribution is 5.73. The minimum Gasteiger partial charge on any atom is -0.464 e. The Morgan fingerprint density at radius 1 is 1.79 bits per heavy atom. The van der Waals surface area contributed by atoms with E-state index in [4.69, 9.17) is 10.5 Å². The molecule has 0 saturated carbocycles. The molecule has 0 spiro atoms. The van der Waals surface area contributed by atoms with Gasteiger partial charge in [0.2, 0.25) is 0 Å². The summed E-state index contributed by atoms with van der Waals surface area (Å²) in [4.78, 5) is 11.4. The summed E-state index contributed by atoms with van der Waals surface area (Å²) >= 11 is 0. The molecule has 5 nitrogen and oxygen atoms in total. The van der Waals surface area contributed by atoms with E-state index in [0.717, 1.165) is 5.69 Å². The van der Waals surface area contributed by atoms with E-state index >= 15 is 0 Å². The molecule has 0 saturated heterocycles. The van der Waals surface area contributed by atoms with Crippen LogP contribution in [-0.4, -0.2) is 22.4 Å². The Morgan fingerprint density at radius 2 is 2.43 bits per heavy atom. The van der Waals surface area contributed by atoms with Gasteiger partial charge < -0.3 is 10.5 Å². The number of hydrogen-bond donors (Lipinski definition) is 1. The predicted molar refractivity (Wildman–Crippen MR) is 52.7 cm³/mol. The van der Waals surface area contributed by atoms with Gasteiger partial charge in [-0.2, -0.15) is 5.10 Å². The van der Waals surface area contributed by atoms with Gasteiger partial charge in [-0.25, -0.2) is 4.79 Å². The van der Waals surface area contributed by atoms with Crippen molar-refractivity contribution in [2.75, 3.05) is 12.3 Å². The average molecular weight is 197 g/mol. The van der Waals surface area contributed by atoms with Crippen LogP contribution in [0.2, 0.25) is 0 Å². The quantitative estimate of drug-likeness (QED) is 0.731. The van der Waals surface area contributed by atoms with Gasteiger partial charge in [0.1, 0.15) is 11.9 Å². The Balaban J connectivity index is 2.83. The Kier molecular flexibility index (Phi) is 3.11. The van der Waals surface area contributed by atoms with Crippen LogP contribution in [0.25, 0.3) is 0 Å². The second kappa shape index (κ2) is 4.13. The monoisotopic (exact) mass is 197 g/mol. The summed E-state index contributed by atoms with van der Waals surface area (Å²) in [5.74, 6) is 0.123. The Labute approximate surface area is 82.8 Å². The molecule has 1 rings (SSSR count). The number of esters is 1. The van der Waals surface area contributed by atoms with E-state index in [1.165, 1.54) is 0 Å². The smallest absolute Gasteiger partial charge is 0.330 e. The average Bonchev–Trinajstić information content (AvgIpc) is 2.44. The van der Waals surface area contributed by atoms with Crippen LogP contribution in [0.15, 0.2) is 6.07 Å². The first-order chi connectivity index (χ1) is 6.56. The van der Waals surface area contributed by atoms with E-state index < -0.39 is 6.04 Å². The van der Waals surface area contributed by atoms with Gasteiger partial charge in [-0.1, -0.05) is 0 Å². The van der Waals surface area contributed by atoms with Crippen molar-refractivity contribution in [1.82, 2.24) is 9.78 Å². The zero-order valence-electron chi connectivity index (χ0n) is 8.65. The Morgan fingerprint density at radius 3 is 2.86 bits per heavy atom. The molecule has 0 aliphatic heterocycles. The third-order valence-corrected chi connectivity index (χ3v) is 1.94. The van der Waals surface area contributed by atoms with Crippen LogP contribution in [0.4, 0.5) is 5.82 Å². The molecule has 1 atom stereocenters. The van der Waals surface area contributed by atoms with Crippen LogP contribution < -0.4 is 5.73 Å². The number of nitrogen functional groups attached to an aromatic ring is 1. The molecule has 0 aliphatic rings. The highest BCUT2D eigenvalue weighted by atomic mass is 16.5. The summed E-state index contributed by atoms with van der Waals surface area (Å²) in [5.41, 5.74) is 6.36. The number of nitrogens with zero attached hydrogens (tertiary/aromatic N) is 2. The number of ether oxygens (including phenoxy) is 1. The van der Waals surface area contributed by atoms with Gasteiger partial charge in [-0.05, 0) is 20.8 Å². The summed E-state index contributed by atoms with van der Waals surface area (Å²) in [6.07, 6.45) is 0. The van der Waals surface area contributed by atoms with Crippen molar-refractivity contribution in [3.63, 3.8) is 0 Å². The van der Waals surface area contributed by atoms with Crippen molar-refractivity contribution in [3.8, 4) is 0 Å². The lowest BCUT2D eigenvalue weighted by atomic mass is 10.3. The molecule has 1 aromatic heterocycles. The highest BCUT2D eigenvalue weighted by Crippen LogP contribution is 2.13. The lowest BCUT2D eigenvalue weighted by molar-refractivity contribution is -0.146. The zero-order chi connectivity index (χ0) is 10.7. The summed E-state index contributed by atoms with van der Waals surface area (Å²) < 4.78 is 6.44. The summed E-state index contributed by atoms with van der Waals surface area (Å²) in [6.45, 7) is 5.73. The maximum atomic E-state index is 11.4. The molecule has 5 heteroatoms. The van der Waals surface area contributed by atoms with Gasteiger partial charge in [0, 0.05) is 11.8 Å². The molecule has 0 radical (unpaired) electrons. The molecule has 0 fully saturated rings. The summed E-state index contributed by atoms with van der Waals surface area (Å²) in [6, 6.07) is 1.29. The van der Waals surface area contributed by atoms with Gasteiger partial charge in [0.25, 0.3) is 0 Å². The molecule has 0 bridgehead atoms. The maximum absolute atomic E-state index is 11.4. The maximum Gasteiger partial charge on any atom is 0.330 e. The van der Waals surface area contributed by atoms with Crippen molar-refractivity contribution >= 4 is 11.8 Å². The zero-order valence-corrected chi connectivity index (χ0v) is 8.65. The number of carbonyl (C=O) groups is 1. The number of hydrogen-bond acceptors (Lipinski definition) is 4. The fourth-order valence-electron chi connectivity index (χ4n) is 1.27. The Bertz CT molecular complexity index is 333. The van der Waals surface area contributed by atoms with Crippen molar-refractivity contribution in [2.45, 2.75) is 26.8 Å². The van der Waals surface area contributed by atoms with Crippen LogP contribution >= 0.6 is 0 Å². The lowest BCUT2D eigenvalue weighted by Gasteiger charge is -2.12. The van der Waals surface area contributed by atoms with Gasteiger partial charge in [-0.15, -0.1) is 0 Å². The van der Waals surface area contributed by atoms with Crippen LogP contribution in [0, 0.1) is 6.92 Å². The molecule has 14 heavy (non-hydrogen) atoms. The van der Waals surface area contributed by atoms with Crippen LogP contribution in [0.5, 0.6) is 0 Å². The standard InChI is InChI=1S/C9H15N3O2/c1-4-14-9(13)7(3)12-6(2)5-8(10)11-12/h5,7H,4H2,1-3H3,(H2,10,11). The molecule has 2 N–H and O–H groups in total. The van der Waals surface area contributed by atoms with Crippen molar-refractivity contribution in [1.29, 1.82) is 0 Å². The number of aryl methyl sites for hydroxylation is 1. The van der Waals surface area contributed by atoms with Crippen molar-refractivity contribution in [2.24, 2.45) is 0 Å². The van der Waals surface area contributed by atoms with Crippen LogP contribution in [0.1, 0.15) is 25.6 Å². The van der Waals surface area contributed by atoms with E-state index in [-0.39, 0.29) is 5.97 Å². The van der Waals surface area contributed by atoms with E-state index in [9.17, 15) is 4.79 Å². The number of rotatable bonds is 3. The highest BCUT2D eigenvalue weighted by Gasteiger charge is 2.18. The van der Waals surface area contributed by atoms with Gasteiger partial charge in [-0.3, -0.25) is 4.68 Å². The van der Waals surface area contributed by atoms with E-state index in [1.54, 1.807) is 24.6 Å². The SMILES string of the molecule is CCOC(=O)C(C)n1nc(N)cc1C. The summed E-state index contributed by atoms with van der Waals surface area (Å²) in [5, 5.41) is 4.01. The first-order valence-corrected chi connectivity index (χ1v) is 4.54. The normalized spacial score (nSPS) is 12.5. The minimum atomic E-state index is -0.424. The summed E-state index contributed by atoms with van der Waals surface area (Å²) in [7, 11) is 0. The van der Waals surface area contributed by atoms with Gasteiger partial charge in [0.05, 0.1) is 6.61 Å². The van der Waals surface area contributed by atoms with Crippen molar-refractivity contribution < 1.29 is 9.53 Å². The van der Waals surface area contributed by atoms with Crippen LogP contribution in [0.3, 0.4) is 0 Å². The molecular weight excluding hydrogens is 182 g/mol. The van der Waals surface area contributed by atoms with E-state index in [1.807, 2.05) is 6.92 Å². The molecule has 0 amide bonds. The number of carbonyl (C=O) groups excluding carboxylic acids is 1. The fraction of sp³-hybridized carbons (Fsp3) is 0.556. The first-order valence-electron chi connectivity index (χ1n) is 4.54. The van der Waals surface area contributed by atoms with Gasteiger partial charge in [0.15, 0.2) is 0 Å². The van der Waals surface area contributed by atoms with E-state index in [0.29, 0.717) is 12.4 Å². The fourth-order valence-corrected chi connectivity index (χ4v) is 1.27. The predicted octanol–water partition coefficient (Wildman–Crippen LogP) is 0.898. The molecule has 0 aliphatic carbocycles. The van der Waals surface area contributed by atoms with Gasteiger partial charge >= 0.3 is 5.97 Å². The lowest BCUT2D eigenvalue weighted by Crippen LogP contribution is -2.21.